The van der Waals surface area contributed by atoms with Gasteiger partial charge >= 0.3 is 0 Å². The summed E-state index contributed by atoms with van der Waals surface area (Å²) < 4.78 is 10.5. The van der Waals surface area contributed by atoms with Crippen molar-refractivity contribution < 1.29 is 9.15 Å². The average molecular weight is 263 g/mol. The third kappa shape index (κ3) is 2.89. The highest BCUT2D eigenvalue weighted by atomic mass is 32.2. The zero-order valence-corrected chi connectivity index (χ0v) is 11.4. The van der Waals surface area contributed by atoms with Crippen molar-refractivity contribution in [2.24, 2.45) is 5.73 Å². The van der Waals surface area contributed by atoms with Crippen LogP contribution in [0.1, 0.15) is 16.9 Å². The Morgan fingerprint density at radius 1 is 1.33 bits per heavy atom. The number of hydrogen-bond acceptors (Lipinski definition) is 4. The van der Waals surface area contributed by atoms with Crippen LogP contribution in [0.25, 0.3) is 0 Å². The van der Waals surface area contributed by atoms with Crippen LogP contribution in [0.4, 0.5) is 0 Å². The lowest BCUT2D eigenvalue weighted by Crippen LogP contribution is -2.00. The molecule has 2 N–H and O–H groups in total. The second-order valence-corrected chi connectivity index (χ2v) is 5.00. The highest BCUT2D eigenvalue weighted by Gasteiger charge is 2.05. The van der Waals surface area contributed by atoms with Gasteiger partial charge in [-0.2, -0.15) is 0 Å². The molecule has 0 fully saturated rings. The van der Waals surface area contributed by atoms with E-state index in [1.807, 2.05) is 19.1 Å². The molecule has 0 saturated heterocycles. The molecule has 0 aliphatic heterocycles. The molecule has 0 aliphatic carbocycles. The standard InChI is InChI=1S/C14H17NO2S/c1-10-14(5-6-17-10)18-9-11-3-4-13(16-2)12(7-11)8-15/h3-7H,8-9,15H2,1-2H3. The normalized spacial score (nSPS) is 10.6. The van der Waals surface area contributed by atoms with E-state index in [2.05, 4.69) is 12.1 Å². The SMILES string of the molecule is COc1ccc(CSc2ccoc2C)cc1CN. The Labute approximate surface area is 111 Å². The van der Waals surface area contributed by atoms with E-state index >= 15 is 0 Å². The lowest BCUT2D eigenvalue weighted by atomic mass is 10.1. The van der Waals surface area contributed by atoms with Gasteiger partial charge in [0.1, 0.15) is 11.5 Å². The molecule has 1 aromatic carbocycles. The fourth-order valence-corrected chi connectivity index (χ4v) is 2.67. The molecule has 0 aliphatic rings. The predicted molar refractivity (Wildman–Crippen MR) is 73.9 cm³/mol. The van der Waals surface area contributed by atoms with Crippen LogP contribution in [0.3, 0.4) is 0 Å². The fraction of sp³-hybridized carbons (Fsp3) is 0.286. The molecule has 3 nitrogen and oxygen atoms in total. The van der Waals surface area contributed by atoms with Crippen LogP contribution >= 0.6 is 11.8 Å². The third-order valence-corrected chi connectivity index (χ3v) is 3.98. The molecule has 1 aromatic heterocycles. The van der Waals surface area contributed by atoms with Crippen molar-refractivity contribution in [1.29, 1.82) is 0 Å². The lowest BCUT2D eigenvalue weighted by molar-refractivity contribution is 0.409. The quantitative estimate of drug-likeness (QED) is 0.840. The minimum absolute atomic E-state index is 0.492. The smallest absolute Gasteiger partial charge is 0.123 e. The number of hydrogen-bond donors (Lipinski definition) is 1. The monoisotopic (exact) mass is 263 g/mol. The first-order valence-corrected chi connectivity index (χ1v) is 6.76. The van der Waals surface area contributed by atoms with Gasteiger partial charge in [0.05, 0.1) is 13.4 Å². The van der Waals surface area contributed by atoms with E-state index in [-0.39, 0.29) is 0 Å². The van der Waals surface area contributed by atoms with Gasteiger partial charge in [0.25, 0.3) is 0 Å². The van der Waals surface area contributed by atoms with Crippen LogP contribution in [0.2, 0.25) is 0 Å². The van der Waals surface area contributed by atoms with Crippen molar-refractivity contribution in [1.82, 2.24) is 0 Å². The molecule has 1 heterocycles. The van der Waals surface area contributed by atoms with Crippen molar-refractivity contribution in [3.63, 3.8) is 0 Å². The zero-order valence-electron chi connectivity index (χ0n) is 10.6. The molecule has 0 unspecified atom stereocenters. The largest absolute Gasteiger partial charge is 0.496 e. The zero-order chi connectivity index (χ0) is 13.0. The van der Waals surface area contributed by atoms with E-state index in [0.29, 0.717) is 6.54 Å². The number of nitrogens with two attached hydrogens (primary N) is 1. The summed E-state index contributed by atoms with van der Waals surface area (Å²) in [5.41, 5.74) is 7.99. The Morgan fingerprint density at radius 2 is 2.17 bits per heavy atom. The van der Waals surface area contributed by atoms with Gasteiger partial charge < -0.3 is 14.9 Å². The first kappa shape index (κ1) is 13.1. The minimum Gasteiger partial charge on any atom is -0.496 e. The molecule has 18 heavy (non-hydrogen) atoms. The number of methoxy groups -OCH3 is 1. The molecule has 0 bridgehead atoms. The maximum Gasteiger partial charge on any atom is 0.123 e. The number of furan rings is 1. The van der Waals surface area contributed by atoms with E-state index in [4.69, 9.17) is 14.9 Å². The molecular weight excluding hydrogens is 246 g/mol. The number of aryl methyl sites for hydroxylation is 1. The summed E-state index contributed by atoms with van der Waals surface area (Å²) in [5.74, 6) is 2.72. The van der Waals surface area contributed by atoms with Gasteiger partial charge in [0.15, 0.2) is 0 Å². The molecule has 0 amide bonds. The predicted octanol–water partition coefficient (Wildman–Crippen LogP) is 3.35. The Morgan fingerprint density at radius 3 is 2.78 bits per heavy atom. The number of rotatable bonds is 5. The summed E-state index contributed by atoms with van der Waals surface area (Å²) in [6, 6.07) is 8.13. The molecule has 2 rings (SSSR count). The average Bonchev–Trinajstić information content (AvgIpc) is 2.81. The van der Waals surface area contributed by atoms with Gasteiger partial charge in [0, 0.05) is 22.8 Å². The van der Waals surface area contributed by atoms with Gasteiger partial charge in [-0.3, -0.25) is 0 Å². The Hall–Kier alpha value is -1.39. The second-order valence-electron chi connectivity index (χ2n) is 3.98. The summed E-state index contributed by atoms with van der Waals surface area (Å²) in [4.78, 5) is 1.18. The molecule has 0 saturated carbocycles. The lowest BCUT2D eigenvalue weighted by Gasteiger charge is -2.08. The van der Waals surface area contributed by atoms with Crippen LogP contribution in [0.15, 0.2) is 39.8 Å². The molecule has 96 valence electrons. The second kappa shape index (κ2) is 5.98. The maximum atomic E-state index is 5.71. The van der Waals surface area contributed by atoms with Gasteiger partial charge in [0.2, 0.25) is 0 Å². The fourth-order valence-electron chi connectivity index (χ4n) is 1.77. The van der Waals surface area contributed by atoms with Crippen LogP contribution in [-0.2, 0) is 12.3 Å². The van der Waals surface area contributed by atoms with Gasteiger partial charge in [-0.05, 0) is 30.7 Å². The molecule has 4 heteroatoms. The highest BCUT2D eigenvalue weighted by Crippen LogP contribution is 2.28. The number of benzene rings is 1. The third-order valence-electron chi connectivity index (χ3n) is 2.77. The van der Waals surface area contributed by atoms with Crippen LogP contribution in [-0.4, -0.2) is 7.11 Å². The summed E-state index contributed by atoms with van der Waals surface area (Å²) in [6.07, 6.45) is 1.72. The summed E-state index contributed by atoms with van der Waals surface area (Å²) in [5, 5.41) is 0. The van der Waals surface area contributed by atoms with Crippen molar-refractivity contribution in [2.75, 3.05) is 7.11 Å². The summed E-state index contributed by atoms with van der Waals surface area (Å²) >= 11 is 1.76. The Balaban J connectivity index is 2.08. The van der Waals surface area contributed by atoms with E-state index in [1.54, 1.807) is 25.1 Å². The summed E-state index contributed by atoms with van der Waals surface area (Å²) in [6.45, 7) is 2.47. The molecule has 2 aromatic rings. The van der Waals surface area contributed by atoms with Crippen LogP contribution in [0, 0.1) is 6.92 Å². The molecular formula is C14H17NO2S. The number of ether oxygens (including phenoxy) is 1. The van der Waals surface area contributed by atoms with Crippen molar-refractivity contribution in [3.8, 4) is 5.75 Å². The molecule has 0 atom stereocenters. The first-order valence-electron chi connectivity index (χ1n) is 5.77. The highest BCUT2D eigenvalue weighted by molar-refractivity contribution is 7.98. The van der Waals surface area contributed by atoms with E-state index in [0.717, 1.165) is 22.8 Å². The number of thioether (sulfide) groups is 1. The van der Waals surface area contributed by atoms with Crippen molar-refractivity contribution >= 4 is 11.8 Å². The van der Waals surface area contributed by atoms with E-state index in [1.165, 1.54) is 10.5 Å². The minimum atomic E-state index is 0.492. The van der Waals surface area contributed by atoms with Gasteiger partial charge in [-0.1, -0.05) is 6.07 Å². The Bertz CT molecular complexity index is 522. The van der Waals surface area contributed by atoms with Crippen molar-refractivity contribution in [3.05, 3.63) is 47.4 Å². The van der Waals surface area contributed by atoms with E-state index in [9.17, 15) is 0 Å². The van der Waals surface area contributed by atoms with Crippen LogP contribution in [0.5, 0.6) is 5.75 Å². The summed E-state index contributed by atoms with van der Waals surface area (Å²) in [7, 11) is 1.66. The topological polar surface area (TPSA) is 48.4 Å². The first-order chi connectivity index (χ1) is 8.74. The van der Waals surface area contributed by atoms with E-state index < -0.39 is 0 Å². The van der Waals surface area contributed by atoms with Gasteiger partial charge in [-0.15, -0.1) is 11.8 Å². The Kier molecular flexibility index (Phi) is 4.33. The molecule has 0 spiro atoms. The van der Waals surface area contributed by atoms with Gasteiger partial charge in [-0.25, -0.2) is 0 Å². The van der Waals surface area contributed by atoms with Crippen molar-refractivity contribution in [2.45, 2.75) is 24.1 Å². The molecule has 0 radical (unpaired) electrons. The van der Waals surface area contributed by atoms with Crippen LogP contribution < -0.4 is 10.5 Å². The maximum absolute atomic E-state index is 5.71.